The van der Waals surface area contributed by atoms with E-state index in [2.05, 4.69) is 124 Å². The van der Waals surface area contributed by atoms with Gasteiger partial charge < -0.3 is 9.80 Å². The molecule has 0 aliphatic heterocycles. The molecule has 0 saturated heterocycles. The summed E-state index contributed by atoms with van der Waals surface area (Å²) in [6.07, 6.45) is 12.9. The van der Waals surface area contributed by atoms with Gasteiger partial charge in [0.2, 0.25) is 0 Å². The molecule has 0 saturated carbocycles. The van der Waals surface area contributed by atoms with Gasteiger partial charge in [-0.2, -0.15) is 0 Å². The average molecular weight is 549 g/mol. The fraction of sp³-hybridized carbons (Fsp3) is 0.487. The van der Waals surface area contributed by atoms with Crippen LogP contribution in [0.25, 0.3) is 11.1 Å². The van der Waals surface area contributed by atoms with E-state index in [1.54, 1.807) is 5.56 Å². The number of benzene rings is 3. The van der Waals surface area contributed by atoms with Gasteiger partial charge in [0.1, 0.15) is 0 Å². The van der Waals surface area contributed by atoms with Crippen molar-refractivity contribution in [3.63, 3.8) is 0 Å². The highest BCUT2D eigenvalue weighted by Crippen LogP contribution is 2.54. The lowest BCUT2D eigenvalue weighted by Gasteiger charge is -2.33. The Morgan fingerprint density at radius 2 is 1.12 bits per heavy atom. The Balaban J connectivity index is 1.73. The van der Waals surface area contributed by atoms with Crippen LogP contribution in [0.15, 0.2) is 60.7 Å². The highest BCUT2D eigenvalue weighted by atomic mass is 15.1. The summed E-state index contributed by atoms with van der Waals surface area (Å²) in [7, 11) is 8.51. The Morgan fingerprint density at radius 1 is 0.561 bits per heavy atom. The maximum Gasteiger partial charge on any atom is 0.0255 e. The highest BCUT2D eigenvalue weighted by molar-refractivity contribution is 5.81. The van der Waals surface area contributed by atoms with E-state index in [1.807, 2.05) is 0 Å². The Bertz CT molecular complexity index is 1300. The van der Waals surface area contributed by atoms with Gasteiger partial charge in [0.15, 0.2) is 0 Å². The fourth-order valence-corrected chi connectivity index (χ4v) is 6.80. The second-order valence-electron chi connectivity index (χ2n) is 12.8. The summed E-state index contributed by atoms with van der Waals surface area (Å²) in [5, 5.41) is 0. The third-order valence-electron chi connectivity index (χ3n) is 8.58. The van der Waals surface area contributed by atoms with Crippen molar-refractivity contribution < 1.29 is 0 Å². The molecule has 2 heteroatoms. The number of fused-ring (bicyclic) bond motifs is 3. The molecule has 0 N–H and O–H groups in total. The van der Waals surface area contributed by atoms with Gasteiger partial charge in [-0.1, -0.05) is 113 Å². The zero-order valence-corrected chi connectivity index (χ0v) is 26.7. The molecule has 3 aromatic rings. The summed E-state index contributed by atoms with van der Waals surface area (Å²) < 4.78 is 0. The molecule has 3 aromatic carbocycles. The molecular formula is C39H52N2. The summed E-state index contributed by atoms with van der Waals surface area (Å²) >= 11 is 0. The van der Waals surface area contributed by atoms with E-state index in [0.717, 1.165) is 24.2 Å². The minimum atomic E-state index is 0.107. The first-order valence-corrected chi connectivity index (χ1v) is 16.0. The van der Waals surface area contributed by atoms with E-state index in [1.165, 1.54) is 92.0 Å². The van der Waals surface area contributed by atoms with E-state index >= 15 is 0 Å². The molecule has 0 bridgehead atoms. The van der Waals surface area contributed by atoms with Crippen molar-refractivity contribution in [2.24, 2.45) is 0 Å². The minimum Gasteiger partial charge on any atom is -0.305 e. The van der Waals surface area contributed by atoms with Crippen molar-refractivity contribution in [1.29, 1.82) is 0 Å². The smallest absolute Gasteiger partial charge is 0.0255 e. The van der Waals surface area contributed by atoms with Gasteiger partial charge in [-0.3, -0.25) is 0 Å². The third-order valence-corrected chi connectivity index (χ3v) is 8.58. The van der Waals surface area contributed by atoms with Gasteiger partial charge in [0.25, 0.3) is 0 Å². The van der Waals surface area contributed by atoms with Gasteiger partial charge in [-0.15, -0.1) is 0 Å². The topological polar surface area (TPSA) is 6.48 Å². The van der Waals surface area contributed by atoms with E-state index in [-0.39, 0.29) is 5.41 Å². The zero-order chi connectivity index (χ0) is 29.2. The lowest BCUT2D eigenvalue weighted by molar-refractivity contribution is 0.395. The molecule has 0 amide bonds. The number of hydrogen-bond donors (Lipinski definition) is 0. The SMILES string of the molecule is CCCCCCC1(CCCCCC)c2ccccc2-c2ccc(C#Cc3cc(CN(C)C)cc(CN(C)C)c3)cc21. The Hall–Kier alpha value is -2.86. The van der Waals surface area contributed by atoms with Crippen LogP contribution in [0.1, 0.15) is 111 Å². The van der Waals surface area contributed by atoms with E-state index in [0.29, 0.717) is 0 Å². The third kappa shape index (κ3) is 7.91. The summed E-state index contributed by atoms with van der Waals surface area (Å²) in [5.41, 5.74) is 10.9. The maximum atomic E-state index is 3.59. The first kappa shape index (κ1) is 31.1. The van der Waals surface area contributed by atoms with Crippen LogP contribution in [0.2, 0.25) is 0 Å². The zero-order valence-electron chi connectivity index (χ0n) is 26.7. The summed E-state index contributed by atoms with van der Waals surface area (Å²) in [6, 6.07) is 23.1. The number of nitrogens with zero attached hydrogens (tertiary/aromatic N) is 2. The number of rotatable bonds is 14. The van der Waals surface area contributed by atoms with E-state index in [9.17, 15) is 0 Å². The molecule has 0 atom stereocenters. The van der Waals surface area contributed by atoms with Gasteiger partial charge in [0, 0.05) is 29.6 Å². The molecular weight excluding hydrogens is 496 g/mol. The van der Waals surface area contributed by atoms with Crippen molar-refractivity contribution in [2.45, 2.75) is 96.6 Å². The van der Waals surface area contributed by atoms with Crippen LogP contribution in [-0.4, -0.2) is 38.0 Å². The van der Waals surface area contributed by atoms with Crippen molar-refractivity contribution in [3.8, 4) is 23.0 Å². The lowest BCUT2D eigenvalue weighted by Crippen LogP contribution is -2.25. The Morgan fingerprint density at radius 3 is 1.71 bits per heavy atom. The number of unbranched alkanes of at least 4 members (excludes halogenated alkanes) is 6. The van der Waals surface area contributed by atoms with Crippen LogP contribution in [0, 0.1) is 11.8 Å². The van der Waals surface area contributed by atoms with Gasteiger partial charge in [0.05, 0.1) is 0 Å². The summed E-state index contributed by atoms with van der Waals surface area (Å²) in [6.45, 7) is 6.47. The molecule has 41 heavy (non-hydrogen) atoms. The highest BCUT2D eigenvalue weighted by Gasteiger charge is 2.42. The molecule has 1 aliphatic rings. The molecule has 0 heterocycles. The predicted octanol–water partition coefficient (Wildman–Crippen LogP) is 9.42. The predicted molar refractivity (Wildman–Crippen MR) is 177 cm³/mol. The van der Waals surface area contributed by atoms with Crippen LogP contribution in [0.5, 0.6) is 0 Å². The second kappa shape index (κ2) is 14.9. The first-order valence-electron chi connectivity index (χ1n) is 16.0. The first-order chi connectivity index (χ1) is 19.9. The molecule has 0 aromatic heterocycles. The standard InChI is InChI=1S/C39H52N2/c1-7-9-11-15-23-39(24-16-12-10-8-2)37-18-14-13-17-35(37)36-22-21-31(28-38(36)39)19-20-32-25-33(29-40(3)4)27-34(26-32)30-41(5)6/h13-14,17-18,21-22,25-28H,7-12,15-16,23-24,29-30H2,1-6H3. The van der Waals surface area contributed by atoms with Crippen LogP contribution >= 0.6 is 0 Å². The van der Waals surface area contributed by atoms with Crippen molar-refractivity contribution in [1.82, 2.24) is 9.80 Å². The molecule has 0 spiro atoms. The molecule has 1 aliphatic carbocycles. The molecule has 218 valence electrons. The molecule has 2 nitrogen and oxygen atoms in total. The normalized spacial score (nSPS) is 13.3. The summed E-state index contributed by atoms with van der Waals surface area (Å²) in [4.78, 5) is 4.45. The monoisotopic (exact) mass is 548 g/mol. The van der Waals surface area contributed by atoms with Crippen molar-refractivity contribution >= 4 is 0 Å². The van der Waals surface area contributed by atoms with Crippen molar-refractivity contribution in [3.05, 3.63) is 94.0 Å². The van der Waals surface area contributed by atoms with Crippen LogP contribution in [0.3, 0.4) is 0 Å². The minimum absolute atomic E-state index is 0.107. The molecule has 4 rings (SSSR count). The van der Waals surface area contributed by atoms with Crippen LogP contribution < -0.4 is 0 Å². The average Bonchev–Trinajstić information content (AvgIpc) is 3.21. The van der Waals surface area contributed by atoms with Crippen LogP contribution in [0.4, 0.5) is 0 Å². The molecule has 0 fully saturated rings. The molecule has 0 radical (unpaired) electrons. The molecule has 0 unspecified atom stereocenters. The Kier molecular flexibility index (Phi) is 11.3. The van der Waals surface area contributed by atoms with Gasteiger partial charge >= 0.3 is 0 Å². The van der Waals surface area contributed by atoms with Gasteiger partial charge in [-0.05, 0) is 98.7 Å². The van der Waals surface area contributed by atoms with E-state index in [4.69, 9.17) is 0 Å². The second-order valence-corrected chi connectivity index (χ2v) is 12.8. The van der Waals surface area contributed by atoms with E-state index < -0.39 is 0 Å². The quantitative estimate of drug-likeness (QED) is 0.146. The van der Waals surface area contributed by atoms with Gasteiger partial charge in [-0.25, -0.2) is 0 Å². The number of hydrogen-bond acceptors (Lipinski definition) is 2. The van der Waals surface area contributed by atoms with Crippen LogP contribution in [-0.2, 0) is 18.5 Å². The van der Waals surface area contributed by atoms with Crippen molar-refractivity contribution in [2.75, 3.05) is 28.2 Å². The largest absolute Gasteiger partial charge is 0.305 e. The summed E-state index contributed by atoms with van der Waals surface area (Å²) in [5.74, 6) is 7.15. The fourth-order valence-electron chi connectivity index (χ4n) is 6.80. The Labute approximate surface area is 251 Å². The maximum absolute atomic E-state index is 3.59. The lowest BCUT2D eigenvalue weighted by atomic mass is 9.70.